The molecule has 0 heterocycles. The number of hydrogen-bond donors (Lipinski definition) is 1. The molecule has 0 unspecified atom stereocenters. The molecule has 1 rings (SSSR count). The zero-order chi connectivity index (χ0) is 12.1. The molecule has 4 heteroatoms. The van der Waals surface area contributed by atoms with E-state index in [1.807, 2.05) is 18.9 Å². The molecule has 0 aliphatic heterocycles. The van der Waals surface area contributed by atoms with E-state index < -0.39 is 11.6 Å². The van der Waals surface area contributed by atoms with Crippen molar-refractivity contribution < 1.29 is 8.78 Å². The lowest BCUT2D eigenvalue weighted by Crippen LogP contribution is -2.31. The van der Waals surface area contributed by atoms with Crippen molar-refractivity contribution >= 4 is 5.69 Å². The second-order valence-electron chi connectivity index (χ2n) is 3.69. The normalized spacial score (nSPS) is 10.6. The van der Waals surface area contributed by atoms with Crippen molar-refractivity contribution in [2.45, 2.75) is 13.8 Å². The van der Waals surface area contributed by atoms with E-state index in [4.69, 9.17) is 0 Å². The molecule has 0 atom stereocenters. The van der Waals surface area contributed by atoms with Crippen LogP contribution in [0.4, 0.5) is 14.5 Å². The fourth-order valence-electron chi connectivity index (χ4n) is 1.59. The summed E-state index contributed by atoms with van der Waals surface area (Å²) in [6, 6.07) is 2.81. The fourth-order valence-corrected chi connectivity index (χ4v) is 1.59. The van der Waals surface area contributed by atoms with Crippen LogP contribution in [0.25, 0.3) is 0 Å². The van der Waals surface area contributed by atoms with Gasteiger partial charge in [0.1, 0.15) is 5.82 Å². The quantitative estimate of drug-likeness (QED) is 0.832. The Hall–Kier alpha value is -1.16. The predicted molar refractivity (Wildman–Crippen MR) is 62.9 cm³/mol. The van der Waals surface area contributed by atoms with Crippen molar-refractivity contribution in [3.8, 4) is 0 Å². The van der Waals surface area contributed by atoms with Crippen molar-refractivity contribution in [1.82, 2.24) is 5.32 Å². The fraction of sp³-hybridized carbons (Fsp3) is 0.500. The number of hydrogen-bond acceptors (Lipinski definition) is 2. The molecule has 0 saturated heterocycles. The molecule has 2 nitrogen and oxygen atoms in total. The largest absolute Gasteiger partial charge is 0.368 e. The summed E-state index contributed by atoms with van der Waals surface area (Å²) in [6.45, 7) is 5.58. The molecule has 0 amide bonds. The first-order valence-electron chi connectivity index (χ1n) is 5.46. The maximum absolute atomic E-state index is 13.8. The van der Waals surface area contributed by atoms with Crippen LogP contribution in [0.15, 0.2) is 12.1 Å². The van der Waals surface area contributed by atoms with E-state index in [1.54, 1.807) is 0 Å². The zero-order valence-electron chi connectivity index (χ0n) is 9.98. The van der Waals surface area contributed by atoms with Crippen LogP contribution in [0.1, 0.15) is 12.5 Å². The summed E-state index contributed by atoms with van der Waals surface area (Å²) in [5.74, 6) is -0.955. The molecule has 0 fully saturated rings. The second-order valence-corrected chi connectivity index (χ2v) is 3.69. The van der Waals surface area contributed by atoms with Gasteiger partial charge in [0.25, 0.3) is 0 Å². The highest BCUT2D eigenvalue weighted by Crippen LogP contribution is 2.23. The summed E-state index contributed by atoms with van der Waals surface area (Å²) >= 11 is 0. The van der Waals surface area contributed by atoms with Crippen molar-refractivity contribution in [3.05, 3.63) is 29.3 Å². The first-order valence-corrected chi connectivity index (χ1v) is 5.46. The van der Waals surface area contributed by atoms with Gasteiger partial charge in [0.05, 0.1) is 5.69 Å². The molecule has 0 aliphatic rings. The van der Waals surface area contributed by atoms with Crippen molar-refractivity contribution in [2.75, 3.05) is 31.6 Å². The van der Waals surface area contributed by atoms with Gasteiger partial charge in [-0.1, -0.05) is 0 Å². The van der Waals surface area contributed by atoms with Crippen molar-refractivity contribution in [3.63, 3.8) is 0 Å². The van der Waals surface area contributed by atoms with Gasteiger partial charge in [-0.25, -0.2) is 8.78 Å². The number of nitrogens with one attached hydrogen (secondary N) is 1. The summed E-state index contributed by atoms with van der Waals surface area (Å²) < 4.78 is 26.9. The van der Waals surface area contributed by atoms with Crippen LogP contribution in [0.3, 0.4) is 0 Å². The van der Waals surface area contributed by atoms with Gasteiger partial charge in [0, 0.05) is 25.2 Å². The third-order valence-corrected chi connectivity index (χ3v) is 2.65. The van der Waals surface area contributed by atoms with E-state index in [1.165, 1.54) is 19.1 Å². The predicted octanol–water partition coefficient (Wildman–Crippen LogP) is 2.32. The van der Waals surface area contributed by atoms with Gasteiger partial charge in [-0.05, 0) is 33.0 Å². The zero-order valence-corrected chi connectivity index (χ0v) is 9.98. The second kappa shape index (κ2) is 5.80. The van der Waals surface area contributed by atoms with Gasteiger partial charge >= 0.3 is 0 Å². The van der Waals surface area contributed by atoms with E-state index in [0.29, 0.717) is 18.8 Å². The molecule has 0 spiro atoms. The number of halogens is 2. The monoisotopic (exact) mass is 228 g/mol. The molecular weight excluding hydrogens is 210 g/mol. The molecule has 0 bridgehead atoms. The summed E-state index contributed by atoms with van der Waals surface area (Å²) in [5.41, 5.74) is 0.553. The molecule has 90 valence electrons. The van der Waals surface area contributed by atoms with Crippen LogP contribution in [0.2, 0.25) is 0 Å². The molecule has 1 aromatic rings. The van der Waals surface area contributed by atoms with E-state index in [9.17, 15) is 8.78 Å². The van der Waals surface area contributed by atoms with E-state index in [2.05, 4.69) is 5.32 Å². The molecule has 1 N–H and O–H groups in total. The Balaban J connectivity index is 2.96. The van der Waals surface area contributed by atoms with Crippen LogP contribution in [-0.2, 0) is 0 Å². The maximum Gasteiger partial charge on any atom is 0.152 e. The standard InChI is InChI=1S/C12H18F2N2/c1-4-16(8-7-15-3)11-6-5-10(13)9(2)12(11)14/h5-6,15H,4,7-8H2,1-3H3. The Morgan fingerprint density at radius 2 is 2.00 bits per heavy atom. The minimum atomic E-state index is -0.495. The number of anilines is 1. The summed E-state index contributed by atoms with van der Waals surface area (Å²) in [6.07, 6.45) is 0. The minimum absolute atomic E-state index is 0.0837. The highest BCUT2D eigenvalue weighted by Gasteiger charge is 2.14. The highest BCUT2D eigenvalue weighted by atomic mass is 19.1. The SMILES string of the molecule is CCN(CCNC)c1ccc(F)c(C)c1F. The molecule has 0 saturated carbocycles. The van der Waals surface area contributed by atoms with E-state index >= 15 is 0 Å². The van der Waals surface area contributed by atoms with Gasteiger partial charge in [-0.3, -0.25) is 0 Å². The molecule has 0 aromatic heterocycles. The average Bonchev–Trinajstić information content (AvgIpc) is 2.29. The number of rotatable bonds is 5. The van der Waals surface area contributed by atoms with E-state index in [0.717, 1.165) is 6.54 Å². The molecular formula is C12H18F2N2. The van der Waals surface area contributed by atoms with Gasteiger partial charge in [0.15, 0.2) is 5.82 Å². The Morgan fingerprint density at radius 3 is 2.56 bits per heavy atom. The first-order chi connectivity index (χ1) is 7.61. The molecule has 0 radical (unpaired) electrons. The Kier molecular flexibility index (Phi) is 4.68. The highest BCUT2D eigenvalue weighted by molar-refractivity contribution is 5.50. The van der Waals surface area contributed by atoms with Gasteiger partial charge < -0.3 is 10.2 Å². The molecule has 16 heavy (non-hydrogen) atoms. The third-order valence-electron chi connectivity index (χ3n) is 2.65. The molecule has 1 aromatic carbocycles. The lowest BCUT2D eigenvalue weighted by molar-refractivity contribution is 0.563. The van der Waals surface area contributed by atoms with Crippen LogP contribution in [-0.4, -0.2) is 26.7 Å². The van der Waals surface area contributed by atoms with Gasteiger partial charge in [-0.15, -0.1) is 0 Å². The number of likely N-dealkylation sites (N-methyl/N-ethyl adjacent to an activating group) is 2. The Morgan fingerprint density at radius 1 is 1.31 bits per heavy atom. The van der Waals surface area contributed by atoms with Crippen LogP contribution in [0, 0.1) is 18.6 Å². The smallest absolute Gasteiger partial charge is 0.152 e. The minimum Gasteiger partial charge on any atom is -0.368 e. The van der Waals surface area contributed by atoms with E-state index in [-0.39, 0.29) is 5.56 Å². The topological polar surface area (TPSA) is 15.3 Å². The number of benzene rings is 1. The van der Waals surface area contributed by atoms with Crippen LogP contribution >= 0.6 is 0 Å². The lowest BCUT2D eigenvalue weighted by Gasteiger charge is -2.24. The number of nitrogens with zero attached hydrogens (tertiary/aromatic N) is 1. The Labute approximate surface area is 95.3 Å². The summed E-state index contributed by atoms with van der Waals surface area (Å²) in [4.78, 5) is 1.89. The lowest BCUT2D eigenvalue weighted by atomic mass is 10.1. The van der Waals surface area contributed by atoms with Crippen molar-refractivity contribution in [1.29, 1.82) is 0 Å². The molecule has 0 aliphatic carbocycles. The van der Waals surface area contributed by atoms with Crippen LogP contribution in [0.5, 0.6) is 0 Å². The average molecular weight is 228 g/mol. The van der Waals surface area contributed by atoms with Gasteiger partial charge in [-0.2, -0.15) is 0 Å². The maximum atomic E-state index is 13.8. The first kappa shape index (κ1) is 12.9. The third kappa shape index (κ3) is 2.70. The summed E-state index contributed by atoms with van der Waals surface area (Å²) in [5, 5.41) is 3.01. The van der Waals surface area contributed by atoms with Crippen LogP contribution < -0.4 is 10.2 Å². The van der Waals surface area contributed by atoms with Crippen molar-refractivity contribution in [2.24, 2.45) is 0 Å². The summed E-state index contributed by atoms with van der Waals surface area (Å²) in [7, 11) is 1.85. The Bertz CT molecular complexity index is 353. The van der Waals surface area contributed by atoms with Gasteiger partial charge in [0.2, 0.25) is 0 Å².